The van der Waals surface area contributed by atoms with E-state index in [4.69, 9.17) is 0 Å². The van der Waals surface area contributed by atoms with Crippen LogP contribution in [0.3, 0.4) is 0 Å². The number of benzene rings is 1. The van der Waals surface area contributed by atoms with Gasteiger partial charge < -0.3 is 10.2 Å². The summed E-state index contributed by atoms with van der Waals surface area (Å²) in [5.74, 6) is 1.33. The standard InChI is InChI=1S/C17H21N5O2.ClH/c1-10-4-2-3-5-12(10)16-13-8-18-7-11(13)9-22(16)15(23)6-14-19-17(24)21-20-14;/h2-5,11,13,16,18H,6-9H2,1H3,(H2,19,20,21,24);1H/t11-,13-,16+;/m0./s1. The van der Waals surface area contributed by atoms with E-state index in [0.717, 1.165) is 19.6 Å². The molecule has 134 valence electrons. The number of halogens is 1. The van der Waals surface area contributed by atoms with Crippen LogP contribution in [0.25, 0.3) is 0 Å². The van der Waals surface area contributed by atoms with E-state index in [0.29, 0.717) is 17.7 Å². The molecule has 0 saturated carbocycles. The molecular weight excluding hydrogens is 342 g/mol. The van der Waals surface area contributed by atoms with Gasteiger partial charge in [0.1, 0.15) is 5.82 Å². The Morgan fingerprint density at radius 3 is 2.84 bits per heavy atom. The number of hydrogen-bond acceptors (Lipinski definition) is 4. The Hall–Kier alpha value is -2.12. The van der Waals surface area contributed by atoms with Gasteiger partial charge in [-0.25, -0.2) is 9.89 Å². The number of aromatic amines is 2. The van der Waals surface area contributed by atoms with E-state index in [1.54, 1.807) is 0 Å². The fourth-order valence-corrected chi connectivity index (χ4v) is 4.13. The fraction of sp³-hybridized carbons (Fsp3) is 0.471. The Morgan fingerprint density at radius 1 is 1.32 bits per heavy atom. The average molecular weight is 364 g/mol. The second kappa shape index (κ2) is 7.01. The van der Waals surface area contributed by atoms with Crippen LogP contribution in [0.4, 0.5) is 0 Å². The van der Waals surface area contributed by atoms with Crippen molar-refractivity contribution in [2.45, 2.75) is 19.4 Å². The van der Waals surface area contributed by atoms with Gasteiger partial charge in [-0.15, -0.1) is 12.4 Å². The van der Waals surface area contributed by atoms with Crippen LogP contribution in [0.5, 0.6) is 0 Å². The van der Waals surface area contributed by atoms with Gasteiger partial charge in [-0.1, -0.05) is 24.3 Å². The second-order valence-corrected chi connectivity index (χ2v) is 6.73. The van der Waals surface area contributed by atoms with Crippen LogP contribution in [-0.2, 0) is 11.2 Å². The zero-order valence-electron chi connectivity index (χ0n) is 14.0. The number of hydrogen-bond donors (Lipinski definition) is 3. The van der Waals surface area contributed by atoms with E-state index in [1.165, 1.54) is 11.1 Å². The quantitative estimate of drug-likeness (QED) is 0.751. The van der Waals surface area contributed by atoms with E-state index in [-0.39, 0.29) is 36.5 Å². The summed E-state index contributed by atoms with van der Waals surface area (Å²) in [6.07, 6.45) is 0.119. The van der Waals surface area contributed by atoms with Crippen molar-refractivity contribution in [2.24, 2.45) is 11.8 Å². The molecule has 8 heteroatoms. The van der Waals surface area contributed by atoms with Crippen molar-refractivity contribution >= 4 is 18.3 Å². The third kappa shape index (κ3) is 3.21. The summed E-state index contributed by atoms with van der Waals surface area (Å²) in [7, 11) is 0. The lowest BCUT2D eigenvalue weighted by atomic mass is 9.87. The largest absolute Gasteiger partial charge is 0.340 e. The summed E-state index contributed by atoms with van der Waals surface area (Å²) in [5, 5.41) is 9.63. The van der Waals surface area contributed by atoms with Gasteiger partial charge in [-0.2, -0.15) is 5.10 Å². The van der Waals surface area contributed by atoms with E-state index >= 15 is 0 Å². The van der Waals surface area contributed by atoms with E-state index in [9.17, 15) is 9.59 Å². The molecule has 1 aromatic carbocycles. The van der Waals surface area contributed by atoms with Crippen LogP contribution in [0.1, 0.15) is 23.0 Å². The number of nitrogens with one attached hydrogen (secondary N) is 3. The molecule has 0 spiro atoms. The van der Waals surface area contributed by atoms with Gasteiger partial charge in [0.15, 0.2) is 0 Å². The van der Waals surface area contributed by atoms with Gasteiger partial charge in [-0.3, -0.25) is 9.78 Å². The second-order valence-electron chi connectivity index (χ2n) is 6.73. The number of aromatic nitrogens is 3. The van der Waals surface area contributed by atoms with Crippen molar-refractivity contribution in [1.82, 2.24) is 25.4 Å². The molecule has 3 heterocycles. The topological polar surface area (TPSA) is 93.9 Å². The summed E-state index contributed by atoms with van der Waals surface area (Å²) in [5.41, 5.74) is 2.05. The minimum Gasteiger partial charge on any atom is -0.335 e. The highest BCUT2D eigenvalue weighted by Crippen LogP contribution is 2.43. The van der Waals surface area contributed by atoms with Crippen LogP contribution in [0.2, 0.25) is 0 Å². The maximum atomic E-state index is 12.9. The number of amides is 1. The number of aryl methyl sites for hydroxylation is 1. The molecule has 2 fully saturated rings. The van der Waals surface area contributed by atoms with Crippen LogP contribution in [0, 0.1) is 18.8 Å². The molecule has 25 heavy (non-hydrogen) atoms. The minimum atomic E-state index is -0.379. The zero-order valence-corrected chi connectivity index (χ0v) is 14.8. The lowest BCUT2D eigenvalue weighted by Crippen LogP contribution is -2.36. The predicted molar refractivity (Wildman–Crippen MR) is 95.6 cm³/mol. The Morgan fingerprint density at radius 2 is 2.12 bits per heavy atom. The van der Waals surface area contributed by atoms with E-state index in [2.05, 4.69) is 39.6 Å². The summed E-state index contributed by atoms with van der Waals surface area (Å²) in [6.45, 7) is 4.74. The number of carbonyl (C=O) groups is 1. The molecule has 4 rings (SSSR count). The Kier molecular flexibility index (Phi) is 4.96. The van der Waals surface area contributed by atoms with Crippen LogP contribution in [-0.4, -0.2) is 45.6 Å². The minimum absolute atomic E-state index is 0. The van der Waals surface area contributed by atoms with Gasteiger partial charge in [0.05, 0.1) is 12.5 Å². The Balaban J connectivity index is 0.00000182. The molecule has 3 atom stereocenters. The SMILES string of the molecule is Cc1ccccc1[C@@H]1[C@H]2CNC[C@H]2CN1C(=O)Cc1n[nH]c(=O)[nH]1.Cl. The van der Waals surface area contributed by atoms with Crippen molar-refractivity contribution < 1.29 is 4.79 Å². The van der Waals surface area contributed by atoms with Gasteiger partial charge in [-0.05, 0) is 24.0 Å². The summed E-state index contributed by atoms with van der Waals surface area (Å²) < 4.78 is 0. The molecule has 0 aliphatic carbocycles. The van der Waals surface area contributed by atoms with Gasteiger partial charge >= 0.3 is 5.69 Å². The normalized spacial score (nSPS) is 24.8. The highest BCUT2D eigenvalue weighted by Gasteiger charge is 2.46. The lowest BCUT2D eigenvalue weighted by molar-refractivity contribution is -0.132. The van der Waals surface area contributed by atoms with Crippen molar-refractivity contribution in [3.05, 3.63) is 51.7 Å². The molecule has 3 N–H and O–H groups in total. The Labute approximate surface area is 151 Å². The third-order valence-corrected chi connectivity index (χ3v) is 5.26. The first-order chi connectivity index (χ1) is 11.6. The lowest BCUT2D eigenvalue weighted by Gasteiger charge is -2.29. The predicted octanol–water partition coefficient (Wildman–Crippen LogP) is 0.790. The van der Waals surface area contributed by atoms with Gasteiger partial charge in [0, 0.05) is 25.6 Å². The van der Waals surface area contributed by atoms with Crippen LogP contribution < -0.4 is 11.0 Å². The zero-order chi connectivity index (χ0) is 16.7. The number of carbonyl (C=O) groups excluding carboxylic acids is 1. The molecule has 0 bridgehead atoms. The van der Waals surface area contributed by atoms with Gasteiger partial charge in [0.25, 0.3) is 0 Å². The maximum absolute atomic E-state index is 12.9. The van der Waals surface area contributed by atoms with E-state index in [1.807, 2.05) is 17.0 Å². The summed E-state index contributed by atoms with van der Waals surface area (Å²) >= 11 is 0. The van der Waals surface area contributed by atoms with Crippen molar-refractivity contribution in [3.63, 3.8) is 0 Å². The first-order valence-electron chi connectivity index (χ1n) is 8.33. The number of H-pyrrole nitrogens is 2. The number of likely N-dealkylation sites (tertiary alicyclic amines) is 1. The van der Waals surface area contributed by atoms with Crippen molar-refractivity contribution in [1.29, 1.82) is 0 Å². The molecule has 1 aromatic heterocycles. The molecule has 7 nitrogen and oxygen atoms in total. The van der Waals surface area contributed by atoms with Gasteiger partial charge in [0.2, 0.25) is 5.91 Å². The third-order valence-electron chi connectivity index (χ3n) is 5.26. The molecular formula is C17H22ClN5O2. The first-order valence-corrected chi connectivity index (χ1v) is 8.33. The van der Waals surface area contributed by atoms with E-state index < -0.39 is 0 Å². The van der Waals surface area contributed by atoms with Crippen LogP contribution >= 0.6 is 12.4 Å². The number of rotatable bonds is 3. The molecule has 2 aromatic rings. The smallest absolute Gasteiger partial charge is 0.335 e. The molecule has 1 amide bonds. The van der Waals surface area contributed by atoms with Crippen LogP contribution in [0.15, 0.2) is 29.1 Å². The summed E-state index contributed by atoms with van der Waals surface area (Å²) in [6, 6.07) is 8.37. The fourth-order valence-electron chi connectivity index (χ4n) is 4.13. The first kappa shape index (κ1) is 17.7. The highest BCUT2D eigenvalue weighted by molar-refractivity contribution is 5.85. The molecule has 2 aliphatic rings. The molecule has 0 unspecified atom stereocenters. The Bertz CT molecular complexity index is 817. The maximum Gasteiger partial charge on any atom is 0.340 e. The molecule has 0 radical (unpaired) electrons. The monoisotopic (exact) mass is 363 g/mol. The molecule has 2 aliphatic heterocycles. The average Bonchev–Trinajstić information content (AvgIpc) is 3.24. The molecule has 2 saturated heterocycles. The number of nitrogens with zero attached hydrogens (tertiary/aromatic N) is 2. The summed E-state index contributed by atoms with van der Waals surface area (Å²) in [4.78, 5) is 28.6. The highest BCUT2D eigenvalue weighted by atomic mass is 35.5. The van der Waals surface area contributed by atoms with Crippen molar-refractivity contribution in [2.75, 3.05) is 19.6 Å². The number of fused-ring (bicyclic) bond motifs is 1. The van der Waals surface area contributed by atoms with Crippen molar-refractivity contribution in [3.8, 4) is 0 Å².